The number of carbonyl (C=O) groups is 1. The van der Waals surface area contributed by atoms with Gasteiger partial charge < -0.3 is 10.5 Å². The van der Waals surface area contributed by atoms with Gasteiger partial charge >= 0.3 is 6.09 Å². The molecule has 1 amide bonds. The number of fused-ring (bicyclic) bond motifs is 1. The van der Waals surface area contributed by atoms with Gasteiger partial charge in [-0.05, 0) is 63.3 Å². The molecule has 0 spiro atoms. The minimum Gasteiger partial charge on any atom is -0.443 e. The highest BCUT2D eigenvalue weighted by Gasteiger charge is 2.30. The van der Waals surface area contributed by atoms with E-state index < -0.39 is 5.60 Å². The molecule has 0 saturated carbocycles. The molecule has 1 unspecified atom stereocenters. The van der Waals surface area contributed by atoms with Gasteiger partial charge in [-0.15, -0.1) is 0 Å². The van der Waals surface area contributed by atoms with E-state index in [1.165, 1.54) is 11.1 Å². The van der Waals surface area contributed by atoms with E-state index in [4.69, 9.17) is 10.5 Å². The number of anilines is 1. The quantitative estimate of drug-likeness (QED) is 0.927. The average molecular weight is 290 g/mol. The molecule has 4 heteroatoms. The molecule has 1 aliphatic rings. The molecule has 0 radical (unpaired) electrons. The maximum Gasteiger partial charge on any atom is 0.414 e. The van der Waals surface area contributed by atoms with Crippen LogP contribution in [0.2, 0.25) is 0 Å². The number of hydrogen-bond acceptors (Lipinski definition) is 3. The van der Waals surface area contributed by atoms with Crippen LogP contribution < -0.4 is 10.6 Å². The predicted molar refractivity (Wildman–Crippen MR) is 85.8 cm³/mol. The highest BCUT2D eigenvalue weighted by molar-refractivity contribution is 5.91. The van der Waals surface area contributed by atoms with Crippen LogP contribution in [-0.4, -0.2) is 24.8 Å². The summed E-state index contributed by atoms with van der Waals surface area (Å²) in [5.41, 5.74) is 8.77. The Morgan fingerprint density at radius 2 is 2.14 bits per heavy atom. The lowest BCUT2D eigenvalue weighted by Crippen LogP contribution is -2.35. The van der Waals surface area contributed by atoms with Gasteiger partial charge in [0.1, 0.15) is 5.60 Å². The smallest absolute Gasteiger partial charge is 0.414 e. The van der Waals surface area contributed by atoms with Gasteiger partial charge in [0.05, 0.1) is 5.69 Å². The molecule has 4 nitrogen and oxygen atoms in total. The second-order valence-electron chi connectivity index (χ2n) is 6.71. The molecule has 1 aliphatic heterocycles. The van der Waals surface area contributed by atoms with Crippen molar-refractivity contribution in [3.05, 3.63) is 29.3 Å². The van der Waals surface area contributed by atoms with Gasteiger partial charge in [0.25, 0.3) is 0 Å². The van der Waals surface area contributed by atoms with Crippen LogP contribution in [0, 0.1) is 0 Å². The normalized spacial score (nSPS) is 15.8. The first-order valence-corrected chi connectivity index (χ1v) is 7.66. The lowest BCUT2D eigenvalue weighted by Gasteiger charge is -2.25. The zero-order valence-corrected chi connectivity index (χ0v) is 13.5. The molecule has 2 N–H and O–H groups in total. The van der Waals surface area contributed by atoms with Crippen molar-refractivity contribution in [3.8, 4) is 0 Å². The van der Waals surface area contributed by atoms with Gasteiger partial charge in [0, 0.05) is 6.54 Å². The second-order valence-corrected chi connectivity index (χ2v) is 6.71. The van der Waals surface area contributed by atoms with E-state index in [1.807, 2.05) is 32.9 Å². The largest absolute Gasteiger partial charge is 0.443 e. The van der Waals surface area contributed by atoms with Crippen molar-refractivity contribution in [2.75, 3.05) is 18.0 Å². The van der Waals surface area contributed by atoms with Crippen LogP contribution in [0.25, 0.3) is 0 Å². The fourth-order valence-electron chi connectivity index (χ4n) is 2.84. The van der Waals surface area contributed by atoms with E-state index in [-0.39, 0.29) is 6.09 Å². The summed E-state index contributed by atoms with van der Waals surface area (Å²) in [6.07, 6.45) is 1.59. The molecule has 1 heterocycles. The Balaban J connectivity index is 2.25. The van der Waals surface area contributed by atoms with E-state index in [0.717, 1.165) is 18.5 Å². The Hall–Kier alpha value is -1.55. The average Bonchev–Trinajstić information content (AvgIpc) is 2.80. The maximum atomic E-state index is 12.3. The molecule has 0 saturated heterocycles. The standard InChI is InChI=1S/C17H26N2O2/c1-12(8-10-18)13-6-5-7-15-14(13)9-11-19(15)16(20)21-17(2,3)4/h5-7,12H,8-11,18H2,1-4H3. The van der Waals surface area contributed by atoms with E-state index in [9.17, 15) is 4.79 Å². The Morgan fingerprint density at radius 3 is 2.76 bits per heavy atom. The van der Waals surface area contributed by atoms with Crippen LogP contribution in [0.3, 0.4) is 0 Å². The molecule has 1 atom stereocenters. The Morgan fingerprint density at radius 1 is 1.43 bits per heavy atom. The zero-order chi connectivity index (χ0) is 15.6. The van der Waals surface area contributed by atoms with E-state index >= 15 is 0 Å². The molecular weight excluding hydrogens is 264 g/mol. The molecule has 116 valence electrons. The SMILES string of the molecule is CC(CCN)c1cccc2c1CCN2C(=O)OC(C)(C)C. The number of rotatable bonds is 3. The van der Waals surface area contributed by atoms with Crippen molar-refractivity contribution in [1.82, 2.24) is 0 Å². The number of ether oxygens (including phenoxy) is 1. The summed E-state index contributed by atoms with van der Waals surface area (Å²) in [6.45, 7) is 9.24. The van der Waals surface area contributed by atoms with Gasteiger partial charge in [-0.2, -0.15) is 0 Å². The van der Waals surface area contributed by atoms with Gasteiger partial charge in [-0.3, -0.25) is 4.90 Å². The summed E-state index contributed by atoms with van der Waals surface area (Å²) in [6, 6.07) is 6.17. The summed E-state index contributed by atoms with van der Waals surface area (Å²) >= 11 is 0. The zero-order valence-electron chi connectivity index (χ0n) is 13.5. The number of amides is 1. The number of benzene rings is 1. The number of carbonyl (C=O) groups excluding carboxylic acids is 1. The first-order valence-electron chi connectivity index (χ1n) is 7.66. The number of nitrogens with zero attached hydrogens (tertiary/aromatic N) is 1. The van der Waals surface area contributed by atoms with Crippen molar-refractivity contribution >= 4 is 11.8 Å². The van der Waals surface area contributed by atoms with Crippen LogP contribution in [0.15, 0.2) is 18.2 Å². The molecule has 1 aromatic rings. The molecule has 2 rings (SSSR count). The van der Waals surface area contributed by atoms with Gasteiger partial charge in [-0.1, -0.05) is 19.1 Å². The van der Waals surface area contributed by atoms with Gasteiger partial charge in [0.2, 0.25) is 0 Å². The molecule has 0 bridgehead atoms. The van der Waals surface area contributed by atoms with Gasteiger partial charge in [-0.25, -0.2) is 4.79 Å². The van der Waals surface area contributed by atoms with Gasteiger partial charge in [0.15, 0.2) is 0 Å². The fraction of sp³-hybridized carbons (Fsp3) is 0.588. The molecule has 21 heavy (non-hydrogen) atoms. The van der Waals surface area contributed by atoms with Crippen LogP contribution in [0.5, 0.6) is 0 Å². The van der Waals surface area contributed by atoms with Crippen molar-refractivity contribution < 1.29 is 9.53 Å². The van der Waals surface area contributed by atoms with Crippen molar-refractivity contribution in [1.29, 1.82) is 0 Å². The number of hydrogen-bond donors (Lipinski definition) is 1. The van der Waals surface area contributed by atoms with Crippen LogP contribution in [0.4, 0.5) is 10.5 Å². The van der Waals surface area contributed by atoms with Crippen molar-refractivity contribution in [2.45, 2.75) is 52.1 Å². The van der Waals surface area contributed by atoms with Crippen LogP contribution in [-0.2, 0) is 11.2 Å². The summed E-state index contributed by atoms with van der Waals surface area (Å²) in [7, 11) is 0. The minimum absolute atomic E-state index is 0.259. The van der Waals surface area contributed by atoms with E-state index in [2.05, 4.69) is 13.0 Å². The molecule has 0 aliphatic carbocycles. The first-order chi connectivity index (χ1) is 9.83. The first kappa shape index (κ1) is 15.8. The van der Waals surface area contributed by atoms with Crippen molar-refractivity contribution in [3.63, 3.8) is 0 Å². The Labute approximate surface area is 127 Å². The molecular formula is C17H26N2O2. The summed E-state index contributed by atoms with van der Waals surface area (Å²) in [5.74, 6) is 0.420. The third-order valence-electron chi connectivity index (χ3n) is 3.81. The maximum absolute atomic E-state index is 12.3. The Bertz CT molecular complexity index is 520. The second kappa shape index (κ2) is 6.06. The third kappa shape index (κ3) is 3.56. The molecule has 0 fully saturated rings. The minimum atomic E-state index is -0.468. The van der Waals surface area contributed by atoms with Crippen LogP contribution >= 0.6 is 0 Å². The van der Waals surface area contributed by atoms with E-state index in [1.54, 1.807) is 4.90 Å². The predicted octanol–water partition coefficient (Wildman–Crippen LogP) is 3.44. The summed E-state index contributed by atoms with van der Waals surface area (Å²) < 4.78 is 5.49. The fourth-order valence-corrected chi connectivity index (χ4v) is 2.84. The molecule has 0 aromatic heterocycles. The highest BCUT2D eigenvalue weighted by atomic mass is 16.6. The topological polar surface area (TPSA) is 55.6 Å². The highest BCUT2D eigenvalue weighted by Crippen LogP contribution is 2.35. The van der Waals surface area contributed by atoms with Crippen molar-refractivity contribution in [2.24, 2.45) is 5.73 Å². The Kier molecular flexibility index (Phi) is 4.57. The van der Waals surface area contributed by atoms with E-state index in [0.29, 0.717) is 19.0 Å². The summed E-state index contributed by atoms with van der Waals surface area (Å²) in [5, 5.41) is 0. The monoisotopic (exact) mass is 290 g/mol. The lowest BCUT2D eigenvalue weighted by atomic mass is 9.92. The third-order valence-corrected chi connectivity index (χ3v) is 3.81. The number of nitrogens with two attached hydrogens (primary N) is 1. The van der Waals surface area contributed by atoms with Crippen LogP contribution in [0.1, 0.15) is 51.2 Å². The molecule has 1 aromatic carbocycles. The lowest BCUT2D eigenvalue weighted by molar-refractivity contribution is 0.0584. The summed E-state index contributed by atoms with van der Waals surface area (Å²) in [4.78, 5) is 14.1.